The van der Waals surface area contributed by atoms with Crippen molar-refractivity contribution in [2.24, 2.45) is 5.73 Å². The maximum atomic E-state index is 12.6. The Hall–Kier alpha value is -2.07. The molecule has 21 heavy (non-hydrogen) atoms. The fourth-order valence-corrected chi connectivity index (χ4v) is 3.07. The van der Waals surface area contributed by atoms with Gasteiger partial charge in [-0.1, -0.05) is 30.3 Å². The summed E-state index contributed by atoms with van der Waals surface area (Å²) >= 11 is 0. The molecule has 110 valence electrons. The number of carbonyl (C=O) groups is 1. The third-order valence-electron chi connectivity index (χ3n) is 4.13. The molecule has 2 heterocycles. The van der Waals surface area contributed by atoms with Gasteiger partial charge in [-0.2, -0.15) is 0 Å². The van der Waals surface area contributed by atoms with Crippen molar-refractivity contribution in [3.8, 4) is 0 Å². The van der Waals surface area contributed by atoms with E-state index in [1.165, 1.54) is 0 Å². The highest BCUT2D eigenvalue weighted by molar-refractivity contribution is 5.82. The van der Waals surface area contributed by atoms with E-state index in [1.807, 2.05) is 53.6 Å². The average Bonchev–Trinajstić information content (AvgIpc) is 3.18. The number of carbonyl (C=O) groups excluding carboxylic acids is 1. The predicted molar refractivity (Wildman–Crippen MR) is 82.6 cm³/mol. The maximum absolute atomic E-state index is 12.6. The molecule has 2 aromatic rings. The van der Waals surface area contributed by atoms with Crippen molar-refractivity contribution in [1.82, 2.24) is 9.88 Å². The minimum absolute atomic E-state index is 0.0518. The molecule has 0 bridgehead atoms. The zero-order valence-electron chi connectivity index (χ0n) is 12.0. The van der Waals surface area contributed by atoms with E-state index in [0.29, 0.717) is 6.42 Å². The number of nitrogens with zero attached hydrogens (tertiary/aromatic N) is 1. The fraction of sp³-hybridized carbons (Fsp3) is 0.353. The van der Waals surface area contributed by atoms with Crippen LogP contribution in [0.4, 0.5) is 0 Å². The monoisotopic (exact) mass is 283 g/mol. The molecular formula is C17H21N3O. The summed E-state index contributed by atoms with van der Waals surface area (Å²) in [6.45, 7) is 0.797. The Bertz CT molecular complexity index is 579. The summed E-state index contributed by atoms with van der Waals surface area (Å²) in [6.07, 6.45) is 4.53. The van der Waals surface area contributed by atoms with Crippen molar-refractivity contribution in [3.63, 3.8) is 0 Å². The van der Waals surface area contributed by atoms with Crippen LogP contribution in [0.5, 0.6) is 0 Å². The number of likely N-dealkylation sites (tertiary alicyclic amines) is 1. The SMILES string of the molecule is NC(Cc1ccccc1)C(=O)N1CCCC1c1ccc[nH]1. The van der Waals surface area contributed by atoms with E-state index in [-0.39, 0.29) is 11.9 Å². The smallest absolute Gasteiger partial charge is 0.240 e. The third-order valence-corrected chi connectivity index (χ3v) is 4.13. The number of aromatic amines is 1. The highest BCUT2D eigenvalue weighted by Gasteiger charge is 2.33. The van der Waals surface area contributed by atoms with Gasteiger partial charge in [-0.3, -0.25) is 4.79 Å². The van der Waals surface area contributed by atoms with Crippen LogP contribution in [0.2, 0.25) is 0 Å². The summed E-state index contributed by atoms with van der Waals surface area (Å²) in [5, 5.41) is 0. The zero-order chi connectivity index (χ0) is 14.7. The molecule has 3 rings (SSSR count). The Morgan fingerprint density at radius 3 is 2.81 bits per heavy atom. The number of nitrogens with two attached hydrogens (primary N) is 1. The van der Waals surface area contributed by atoms with Gasteiger partial charge in [0, 0.05) is 18.4 Å². The molecule has 2 unspecified atom stereocenters. The Kier molecular flexibility index (Phi) is 4.06. The van der Waals surface area contributed by atoms with Crippen molar-refractivity contribution >= 4 is 5.91 Å². The summed E-state index contributed by atoms with van der Waals surface area (Å²) in [6, 6.07) is 13.6. The van der Waals surface area contributed by atoms with Gasteiger partial charge in [0.15, 0.2) is 0 Å². The van der Waals surface area contributed by atoms with Crippen LogP contribution in [0.1, 0.15) is 30.1 Å². The lowest BCUT2D eigenvalue weighted by atomic mass is 10.0. The number of amides is 1. The number of benzene rings is 1. The van der Waals surface area contributed by atoms with Gasteiger partial charge in [0.25, 0.3) is 0 Å². The molecule has 1 amide bonds. The maximum Gasteiger partial charge on any atom is 0.240 e. The zero-order valence-corrected chi connectivity index (χ0v) is 12.0. The van der Waals surface area contributed by atoms with E-state index in [9.17, 15) is 4.79 Å². The molecule has 2 atom stereocenters. The molecule has 0 aliphatic carbocycles. The molecule has 1 fully saturated rings. The first kappa shape index (κ1) is 13.9. The first-order valence-corrected chi connectivity index (χ1v) is 7.49. The summed E-state index contributed by atoms with van der Waals surface area (Å²) in [5.41, 5.74) is 8.35. The van der Waals surface area contributed by atoms with Gasteiger partial charge in [-0.05, 0) is 37.0 Å². The Morgan fingerprint density at radius 1 is 1.29 bits per heavy atom. The quantitative estimate of drug-likeness (QED) is 0.904. The van der Waals surface area contributed by atoms with Crippen LogP contribution in [0, 0.1) is 0 Å². The van der Waals surface area contributed by atoms with Crippen molar-refractivity contribution in [2.75, 3.05) is 6.54 Å². The third kappa shape index (κ3) is 3.00. The van der Waals surface area contributed by atoms with Gasteiger partial charge < -0.3 is 15.6 Å². The van der Waals surface area contributed by atoms with Crippen molar-refractivity contribution in [3.05, 3.63) is 59.9 Å². The molecule has 1 aliphatic rings. The number of H-pyrrole nitrogens is 1. The van der Waals surface area contributed by atoms with Gasteiger partial charge >= 0.3 is 0 Å². The minimum Gasteiger partial charge on any atom is -0.363 e. The van der Waals surface area contributed by atoms with Crippen molar-refractivity contribution in [1.29, 1.82) is 0 Å². The summed E-state index contributed by atoms with van der Waals surface area (Å²) in [4.78, 5) is 17.8. The molecule has 4 heteroatoms. The minimum atomic E-state index is -0.469. The number of aromatic nitrogens is 1. The standard InChI is InChI=1S/C17H21N3O/c18-14(12-13-6-2-1-3-7-13)17(21)20-11-5-9-16(20)15-8-4-10-19-15/h1-4,6-8,10,14,16,19H,5,9,11-12,18H2. The first-order chi connectivity index (χ1) is 10.3. The lowest BCUT2D eigenvalue weighted by Crippen LogP contribution is -2.44. The number of rotatable bonds is 4. The molecule has 0 spiro atoms. The van der Waals surface area contributed by atoms with Gasteiger partial charge in [0.1, 0.15) is 0 Å². The van der Waals surface area contributed by atoms with Crippen LogP contribution in [0.25, 0.3) is 0 Å². The van der Waals surface area contributed by atoms with Gasteiger partial charge in [0.05, 0.1) is 12.1 Å². The summed E-state index contributed by atoms with van der Waals surface area (Å²) < 4.78 is 0. The van der Waals surface area contributed by atoms with Gasteiger partial charge in [0.2, 0.25) is 5.91 Å². The van der Waals surface area contributed by atoms with Crippen molar-refractivity contribution in [2.45, 2.75) is 31.3 Å². The van der Waals surface area contributed by atoms with E-state index >= 15 is 0 Å². The lowest BCUT2D eigenvalue weighted by Gasteiger charge is -2.27. The molecule has 4 nitrogen and oxygen atoms in total. The van der Waals surface area contributed by atoms with E-state index in [1.54, 1.807) is 0 Å². The van der Waals surface area contributed by atoms with Gasteiger partial charge in [-0.15, -0.1) is 0 Å². The highest BCUT2D eigenvalue weighted by atomic mass is 16.2. The van der Waals surface area contributed by atoms with Crippen LogP contribution >= 0.6 is 0 Å². The second-order valence-corrected chi connectivity index (χ2v) is 5.61. The molecule has 1 aromatic heterocycles. The molecule has 3 N–H and O–H groups in total. The number of hydrogen-bond acceptors (Lipinski definition) is 2. The second-order valence-electron chi connectivity index (χ2n) is 5.61. The Balaban J connectivity index is 1.69. The summed E-state index contributed by atoms with van der Waals surface area (Å²) in [5.74, 6) is 0.0518. The molecule has 1 aliphatic heterocycles. The average molecular weight is 283 g/mol. The number of nitrogens with one attached hydrogen (secondary N) is 1. The van der Waals surface area contributed by atoms with Crippen molar-refractivity contribution < 1.29 is 4.79 Å². The van der Waals surface area contributed by atoms with Gasteiger partial charge in [-0.25, -0.2) is 0 Å². The summed E-state index contributed by atoms with van der Waals surface area (Å²) in [7, 11) is 0. The molecule has 0 saturated carbocycles. The van der Waals surface area contributed by atoms with Crippen LogP contribution in [0.15, 0.2) is 48.7 Å². The largest absolute Gasteiger partial charge is 0.363 e. The molecule has 1 saturated heterocycles. The van der Waals surface area contributed by atoms with Crippen LogP contribution in [-0.4, -0.2) is 28.4 Å². The van der Waals surface area contributed by atoms with Crippen LogP contribution in [0.3, 0.4) is 0 Å². The second kappa shape index (κ2) is 6.14. The Morgan fingerprint density at radius 2 is 2.10 bits per heavy atom. The van der Waals surface area contributed by atoms with E-state index < -0.39 is 6.04 Å². The highest BCUT2D eigenvalue weighted by Crippen LogP contribution is 2.31. The topological polar surface area (TPSA) is 62.1 Å². The Labute approximate surface area is 125 Å². The van der Waals surface area contributed by atoms with E-state index in [4.69, 9.17) is 5.73 Å². The molecule has 1 aromatic carbocycles. The normalized spacial score (nSPS) is 19.7. The fourth-order valence-electron chi connectivity index (χ4n) is 3.07. The molecular weight excluding hydrogens is 262 g/mol. The number of hydrogen-bond donors (Lipinski definition) is 2. The van der Waals surface area contributed by atoms with Crippen LogP contribution < -0.4 is 5.73 Å². The van der Waals surface area contributed by atoms with E-state index in [0.717, 1.165) is 30.6 Å². The van der Waals surface area contributed by atoms with Crippen LogP contribution in [-0.2, 0) is 11.2 Å². The van der Waals surface area contributed by atoms with E-state index in [2.05, 4.69) is 4.98 Å². The lowest BCUT2D eigenvalue weighted by molar-refractivity contribution is -0.133. The predicted octanol–water partition coefficient (Wildman–Crippen LogP) is 2.25. The first-order valence-electron chi connectivity index (χ1n) is 7.49. The molecule has 0 radical (unpaired) electrons.